The Balaban J connectivity index is 1.45. The van der Waals surface area contributed by atoms with Crippen molar-refractivity contribution in [3.05, 3.63) is 59.7 Å². The number of nitrogens with zero attached hydrogens (tertiary/aromatic N) is 3. The molecule has 33 heavy (non-hydrogen) atoms. The topological polar surface area (TPSA) is 74.8 Å². The zero-order valence-corrected chi connectivity index (χ0v) is 18.5. The lowest BCUT2D eigenvalue weighted by Crippen LogP contribution is -2.42. The number of nitrogens with one attached hydrogen (secondary N) is 2. The maximum atomic E-state index is 15.3. The van der Waals surface area contributed by atoms with Gasteiger partial charge < -0.3 is 24.4 Å². The number of anilines is 2. The molecule has 0 radical (unpaired) electrons. The SMILES string of the molecule is CCNC1CCN(c2cc(F)c(C(=O)Nc3cc(F)c4nc(C)cn4c3)c3ccoc23)CC1. The monoisotopic (exact) mass is 453 g/mol. The molecule has 1 fully saturated rings. The number of halogens is 2. The number of benzene rings is 1. The van der Waals surface area contributed by atoms with Crippen molar-refractivity contribution >= 4 is 33.9 Å². The normalized spacial score (nSPS) is 15.0. The molecule has 0 unspecified atom stereocenters. The van der Waals surface area contributed by atoms with E-state index in [-0.39, 0.29) is 16.9 Å². The average Bonchev–Trinajstić information content (AvgIpc) is 3.40. The van der Waals surface area contributed by atoms with Crippen LogP contribution in [-0.4, -0.2) is 41.0 Å². The Morgan fingerprint density at radius 2 is 2.00 bits per heavy atom. The van der Waals surface area contributed by atoms with Gasteiger partial charge in [0.2, 0.25) is 0 Å². The molecule has 1 amide bonds. The number of rotatable bonds is 5. The van der Waals surface area contributed by atoms with Crippen molar-refractivity contribution < 1.29 is 18.0 Å². The van der Waals surface area contributed by atoms with E-state index >= 15 is 4.39 Å². The lowest BCUT2D eigenvalue weighted by Gasteiger charge is -2.34. The van der Waals surface area contributed by atoms with Crippen molar-refractivity contribution in [1.29, 1.82) is 0 Å². The molecule has 0 spiro atoms. The van der Waals surface area contributed by atoms with Gasteiger partial charge in [-0.15, -0.1) is 0 Å². The third kappa shape index (κ3) is 3.93. The molecule has 0 aliphatic carbocycles. The summed E-state index contributed by atoms with van der Waals surface area (Å²) in [6.07, 6.45) is 6.54. The molecule has 1 aliphatic rings. The molecule has 9 heteroatoms. The van der Waals surface area contributed by atoms with E-state index in [0.29, 0.717) is 28.4 Å². The molecule has 0 saturated carbocycles. The summed E-state index contributed by atoms with van der Waals surface area (Å²) in [6, 6.07) is 4.57. The van der Waals surface area contributed by atoms with Crippen LogP contribution in [0.1, 0.15) is 35.8 Å². The largest absolute Gasteiger partial charge is 0.462 e. The minimum atomic E-state index is -0.674. The second kappa shape index (κ2) is 8.47. The van der Waals surface area contributed by atoms with E-state index in [2.05, 4.69) is 27.4 Å². The third-order valence-electron chi connectivity index (χ3n) is 6.11. The summed E-state index contributed by atoms with van der Waals surface area (Å²) in [5.74, 6) is -1.90. The van der Waals surface area contributed by atoms with Gasteiger partial charge >= 0.3 is 0 Å². The minimum absolute atomic E-state index is 0.132. The minimum Gasteiger partial charge on any atom is -0.462 e. The highest BCUT2D eigenvalue weighted by atomic mass is 19.1. The van der Waals surface area contributed by atoms with Crippen molar-refractivity contribution in [2.24, 2.45) is 0 Å². The second-order valence-corrected chi connectivity index (χ2v) is 8.38. The number of aryl methyl sites for hydroxylation is 1. The van der Waals surface area contributed by atoms with Gasteiger partial charge in [-0.05, 0) is 32.4 Å². The van der Waals surface area contributed by atoms with Crippen LogP contribution in [0, 0.1) is 18.6 Å². The summed E-state index contributed by atoms with van der Waals surface area (Å²) in [5, 5.41) is 6.45. The van der Waals surface area contributed by atoms with Crippen molar-refractivity contribution in [3.63, 3.8) is 0 Å². The lowest BCUT2D eigenvalue weighted by atomic mass is 10.0. The number of hydrogen-bond donors (Lipinski definition) is 2. The first-order valence-electron chi connectivity index (χ1n) is 11.1. The van der Waals surface area contributed by atoms with Crippen molar-refractivity contribution in [3.8, 4) is 0 Å². The van der Waals surface area contributed by atoms with Crippen LogP contribution in [0.15, 0.2) is 41.3 Å². The number of fused-ring (bicyclic) bond motifs is 2. The zero-order valence-electron chi connectivity index (χ0n) is 18.5. The maximum absolute atomic E-state index is 15.3. The first-order chi connectivity index (χ1) is 15.9. The Hall–Kier alpha value is -3.46. The highest BCUT2D eigenvalue weighted by Gasteiger charge is 2.26. The Labute approximate surface area is 189 Å². The Kier molecular flexibility index (Phi) is 5.49. The molecule has 4 heterocycles. The van der Waals surface area contributed by atoms with Crippen LogP contribution in [0.5, 0.6) is 0 Å². The molecule has 172 valence electrons. The molecule has 2 N–H and O–H groups in total. The fourth-order valence-corrected chi connectivity index (χ4v) is 4.61. The van der Waals surface area contributed by atoms with Crippen molar-refractivity contribution in [2.45, 2.75) is 32.7 Å². The predicted octanol–water partition coefficient (Wildman–Crippen LogP) is 4.50. The van der Waals surface area contributed by atoms with Gasteiger partial charge in [0.15, 0.2) is 17.0 Å². The number of piperidine rings is 1. The van der Waals surface area contributed by atoms with Crippen molar-refractivity contribution in [2.75, 3.05) is 29.9 Å². The number of aromatic nitrogens is 2. The average molecular weight is 453 g/mol. The number of carbonyl (C=O) groups is 1. The van der Waals surface area contributed by atoms with E-state index in [9.17, 15) is 9.18 Å². The van der Waals surface area contributed by atoms with Crippen LogP contribution < -0.4 is 15.5 Å². The molecular formula is C24H25F2N5O2. The Bertz CT molecular complexity index is 1340. The number of pyridine rings is 1. The first-order valence-corrected chi connectivity index (χ1v) is 11.1. The van der Waals surface area contributed by atoms with E-state index in [4.69, 9.17) is 4.42 Å². The van der Waals surface area contributed by atoms with E-state index in [1.807, 2.05) is 0 Å². The molecule has 0 atom stereocenters. The van der Waals surface area contributed by atoms with Crippen LogP contribution >= 0.6 is 0 Å². The van der Waals surface area contributed by atoms with Crippen LogP contribution in [0.3, 0.4) is 0 Å². The fourth-order valence-electron chi connectivity index (χ4n) is 4.61. The van der Waals surface area contributed by atoms with E-state index in [1.165, 1.54) is 22.8 Å². The maximum Gasteiger partial charge on any atom is 0.259 e. The molecule has 1 aromatic carbocycles. The molecule has 0 bridgehead atoms. The van der Waals surface area contributed by atoms with Crippen molar-refractivity contribution in [1.82, 2.24) is 14.7 Å². The number of imidazole rings is 1. The predicted molar refractivity (Wildman–Crippen MR) is 123 cm³/mol. The summed E-state index contributed by atoms with van der Waals surface area (Å²) in [7, 11) is 0. The van der Waals surface area contributed by atoms with E-state index in [0.717, 1.165) is 32.5 Å². The summed E-state index contributed by atoms with van der Waals surface area (Å²) in [5.41, 5.74) is 1.99. The quantitative estimate of drug-likeness (QED) is 0.466. The number of carbonyl (C=O) groups excluding carboxylic acids is 1. The number of furan rings is 1. The Morgan fingerprint density at radius 3 is 2.76 bits per heavy atom. The van der Waals surface area contributed by atoms with E-state index < -0.39 is 17.5 Å². The third-order valence-corrected chi connectivity index (χ3v) is 6.11. The van der Waals surface area contributed by atoms with Gasteiger partial charge in [-0.1, -0.05) is 6.92 Å². The van der Waals surface area contributed by atoms with Gasteiger partial charge in [-0.25, -0.2) is 13.8 Å². The number of amides is 1. The highest BCUT2D eigenvalue weighted by Crippen LogP contribution is 2.34. The summed E-state index contributed by atoms with van der Waals surface area (Å²) in [6.45, 7) is 6.29. The van der Waals surface area contributed by atoms with Crippen LogP contribution in [0.4, 0.5) is 20.2 Å². The van der Waals surface area contributed by atoms with Gasteiger partial charge in [-0.3, -0.25) is 4.79 Å². The highest BCUT2D eigenvalue weighted by molar-refractivity contribution is 6.14. The van der Waals surface area contributed by atoms with E-state index in [1.54, 1.807) is 25.4 Å². The van der Waals surface area contributed by atoms with Crippen LogP contribution in [0.2, 0.25) is 0 Å². The van der Waals surface area contributed by atoms with Crippen LogP contribution in [0.25, 0.3) is 16.6 Å². The van der Waals surface area contributed by atoms with Gasteiger partial charge in [0.05, 0.1) is 28.9 Å². The van der Waals surface area contributed by atoms with Gasteiger partial charge in [0, 0.05) is 49.0 Å². The molecule has 5 rings (SSSR count). The zero-order chi connectivity index (χ0) is 23.1. The van der Waals surface area contributed by atoms with Gasteiger partial charge in [0.1, 0.15) is 5.82 Å². The summed E-state index contributed by atoms with van der Waals surface area (Å²) >= 11 is 0. The summed E-state index contributed by atoms with van der Waals surface area (Å²) < 4.78 is 36.8. The molecule has 7 nitrogen and oxygen atoms in total. The molecule has 4 aromatic rings. The number of hydrogen-bond acceptors (Lipinski definition) is 5. The van der Waals surface area contributed by atoms with Gasteiger partial charge in [0.25, 0.3) is 5.91 Å². The first kappa shape index (κ1) is 21.4. The smallest absolute Gasteiger partial charge is 0.259 e. The standard InChI is InChI=1S/C24H25F2N5O2/c1-3-27-15-4-7-30(8-5-15)20-11-18(25)21(17-6-9-33-22(17)20)24(32)29-16-10-19(26)23-28-14(2)12-31(23)13-16/h6,9-13,15,27H,3-5,7-8H2,1-2H3,(H,29,32). The fraction of sp³-hybridized carbons (Fsp3) is 0.333. The molecule has 1 aliphatic heterocycles. The molecule has 1 saturated heterocycles. The van der Waals surface area contributed by atoms with Crippen LogP contribution in [-0.2, 0) is 0 Å². The molecular weight excluding hydrogens is 428 g/mol. The Morgan fingerprint density at radius 1 is 1.21 bits per heavy atom. The molecule has 3 aromatic heterocycles. The second-order valence-electron chi connectivity index (χ2n) is 8.38. The van der Waals surface area contributed by atoms with Gasteiger partial charge in [-0.2, -0.15) is 0 Å². The lowest BCUT2D eigenvalue weighted by molar-refractivity contribution is 0.102. The summed E-state index contributed by atoms with van der Waals surface area (Å²) in [4.78, 5) is 19.2.